The highest BCUT2D eigenvalue weighted by Gasteiger charge is 2.14. The number of benzene rings is 2. The van der Waals surface area contributed by atoms with E-state index in [0.29, 0.717) is 5.56 Å². The van der Waals surface area contributed by atoms with E-state index in [1.807, 2.05) is 54.4 Å². The molecule has 0 aromatic heterocycles. The van der Waals surface area contributed by atoms with E-state index < -0.39 is 6.10 Å². The van der Waals surface area contributed by atoms with Crippen LogP contribution in [0.2, 0.25) is 0 Å². The molecule has 2 rings (SSSR count). The molecule has 2 aromatic carbocycles. The highest BCUT2D eigenvalue weighted by atomic mass is 16.3. The van der Waals surface area contributed by atoms with E-state index in [4.69, 9.17) is 5.26 Å². The Morgan fingerprint density at radius 3 is 2.26 bits per heavy atom. The van der Waals surface area contributed by atoms with Crippen LogP contribution in [0.1, 0.15) is 24.2 Å². The predicted molar refractivity (Wildman–Crippen MR) is 76.3 cm³/mol. The number of hydrogen-bond donors (Lipinski definition) is 1. The summed E-state index contributed by atoms with van der Waals surface area (Å²) in [7, 11) is 1.90. The highest BCUT2D eigenvalue weighted by molar-refractivity contribution is 5.71. The zero-order chi connectivity index (χ0) is 13.8. The monoisotopic (exact) mass is 252 g/mol. The van der Waals surface area contributed by atoms with Crippen molar-refractivity contribution in [1.82, 2.24) is 0 Å². The first-order chi connectivity index (χ1) is 9.15. The van der Waals surface area contributed by atoms with Crippen LogP contribution < -0.4 is 4.90 Å². The van der Waals surface area contributed by atoms with Crippen molar-refractivity contribution in [3.63, 3.8) is 0 Å². The van der Waals surface area contributed by atoms with Gasteiger partial charge in [0.25, 0.3) is 0 Å². The van der Waals surface area contributed by atoms with E-state index in [1.54, 1.807) is 13.0 Å². The Hall–Kier alpha value is -2.31. The van der Waals surface area contributed by atoms with Crippen molar-refractivity contribution in [2.45, 2.75) is 13.0 Å². The van der Waals surface area contributed by atoms with Crippen molar-refractivity contribution in [2.24, 2.45) is 0 Å². The van der Waals surface area contributed by atoms with E-state index in [0.717, 1.165) is 16.9 Å². The summed E-state index contributed by atoms with van der Waals surface area (Å²) in [5, 5.41) is 19.0. The smallest absolute Gasteiger partial charge is 0.101 e. The van der Waals surface area contributed by atoms with Crippen LogP contribution in [0.3, 0.4) is 0 Å². The molecule has 3 nitrogen and oxygen atoms in total. The van der Waals surface area contributed by atoms with Crippen LogP contribution in [0.15, 0.2) is 48.5 Å². The molecule has 1 N–H and O–H groups in total. The quantitative estimate of drug-likeness (QED) is 0.911. The van der Waals surface area contributed by atoms with Gasteiger partial charge < -0.3 is 10.0 Å². The van der Waals surface area contributed by atoms with Gasteiger partial charge in [-0.05, 0) is 25.1 Å². The third-order valence-corrected chi connectivity index (χ3v) is 3.13. The standard InChI is InChI=1S/C16H16N2O/c1-12(19)14-8-4-6-10-16(14)18(2)15-9-5-3-7-13(15)11-17/h3-10,12,19H,1-2H3/t12-/m0/s1. The van der Waals surface area contributed by atoms with Gasteiger partial charge in [-0.2, -0.15) is 5.26 Å². The van der Waals surface area contributed by atoms with E-state index in [9.17, 15) is 5.11 Å². The van der Waals surface area contributed by atoms with Crippen molar-refractivity contribution in [1.29, 1.82) is 5.26 Å². The van der Waals surface area contributed by atoms with Gasteiger partial charge in [0, 0.05) is 18.3 Å². The van der Waals surface area contributed by atoms with E-state index in [-0.39, 0.29) is 0 Å². The Labute approximate surface area is 113 Å². The van der Waals surface area contributed by atoms with Crippen molar-refractivity contribution >= 4 is 11.4 Å². The van der Waals surface area contributed by atoms with Crippen LogP contribution in [0.25, 0.3) is 0 Å². The summed E-state index contributed by atoms with van der Waals surface area (Å²) in [6.45, 7) is 1.74. The second-order valence-electron chi connectivity index (χ2n) is 4.42. The number of hydrogen-bond acceptors (Lipinski definition) is 3. The van der Waals surface area contributed by atoms with Crippen molar-refractivity contribution in [3.8, 4) is 6.07 Å². The number of aliphatic hydroxyl groups is 1. The summed E-state index contributed by atoms with van der Waals surface area (Å²) in [6, 6.07) is 17.3. The second-order valence-corrected chi connectivity index (χ2v) is 4.42. The van der Waals surface area contributed by atoms with Crippen LogP contribution in [-0.4, -0.2) is 12.2 Å². The molecule has 0 aliphatic heterocycles. The minimum atomic E-state index is -0.548. The summed E-state index contributed by atoms with van der Waals surface area (Å²) < 4.78 is 0. The van der Waals surface area contributed by atoms with Gasteiger partial charge in [-0.15, -0.1) is 0 Å². The Morgan fingerprint density at radius 2 is 1.63 bits per heavy atom. The molecule has 0 saturated heterocycles. The largest absolute Gasteiger partial charge is 0.389 e. The molecular weight excluding hydrogens is 236 g/mol. The van der Waals surface area contributed by atoms with Crippen LogP contribution >= 0.6 is 0 Å². The zero-order valence-corrected chi connectivity index (χ0v) is 11.0. The molecule has 3 heteroatoms. The third kappa shape index (κ3) is 2.59. The van der Waals surface area contributed by atoms with Gasteiger partial charge in [0.05, 0.1) is 17.4 Å². The molecule has 0 bridgehead atoms. The van der Waals surface area contributed by atoms with E-state index in [1.165, 1.54) is 0 Å². The molecule has 0 unspecified atom stereocenters. The zero-order valence-electron chi connectivity index (χ0n) is 11.0. The lowest BCUT2D eigenvalue weighted by molar-refractivity contribution is 0.200. The maximum atomic E-state index is 9.84. The summed E-state index contributed by atoms with van der Waals surface area (Å²) in [4.78, 5) is 1.93. The number of aliphatic hydroxyl groups excluding tert-OH is 1. The molecule has 19 heavy (non-hydrogen) atoms. The number of rotatable bonds is 3. The molecule has 0 heterocycles. The second kappa shape index (κ2) is 5.55. The Bertz CT molecular complexity index is 614. The van der Waals surface area contributed by atoms with E-state index >= 15 is 0 Å². The third-order valence-electron chi connectivity index (χ3n) is 3.13. The average Bonchev–Trinajstić information content (AvgIpc) is 2.46. The van der Waals surface area contributed by atoms with Gasteiger partial charge in [-0.1, -0.05) is 30.3 Å². The lowest BCUT2D eigenvalue weighted by Crippen LogP contribution is -2.14. The van der Waals surface area contributed by atoms with Crippen molar-refractivity contribution < 1.29 is 5.11 Å². The number of nitrogens with zero attached hydrogens (tertiary/aromatic N) is 2. The summed E-state index contributed by atoms with van der Waals surface area (Å²) in [5.74, 6) is 0. The summed E-state index contributed by atoms with van der Waals surface area (Å²) in [6.07, 6.45) is -0.548. The normalized spacial score (nSPS) is 11.7. The molecule has 0 aliphatic carbocycles. The summed E-state index contributed by atoms with van der Waals surface area (Å²) in [5.41, 5.74) is 3.20. The lowest BCUT2D eigenvalue weighted by atomic mass is 10.1. The minimum Gasteiger partial charge on any atom is -0.389 e. The van der Waals surface area contributed by atoms with Crippen LogP contribution in [-0.2, 0) is 0 Å². The van der Waals surface area contributed by atoms with E-state index in [2.05, 4.69) is 6.07 Å². The number of anilines is 2. The molecule has 1 atom stereocenters. The maximum absolute atomic E-state index is 9.84. The molecule has 96 valence electrons. The van der Waals surface area contributed by atoms with Crippen molar-refractivity contribution in [3.05, 3.63) is 59.7 Å². The van der Waals surface area contributed by atoms with Crippen LogP contribution in [0.4, 0.5) is 11.4 Å². The van der Waals surface area contributed by atoms with Gasteiger partial charge in [0.1, 0.15) is 6.07 Å². The van der Waals surface area contributed by atoms with Gasteiger partial charge in [-0.3, -0.25) is 0 Å². The molecule has 0 spiro atoms. The molecule has 0 fully saturated rings. The van der Waals surface area contributed by atoms with Gasteiger partial charge >= 0.3 is 0 Å². The van der Waals surface area contributed by atoms with Crippen LogP contribution in [0.5, 0.6) is 0 Å². The Balaban J connectivity index is 2.51. The maximum Gasteiger partial charge on any atom is 0.101 e. The van der Waals surface area contributed by atoms with Gasteiger partial charge in [-0.25, -0.2) is 0 Å². The first-order valence-electron chi connectivity index (χ1n) is 6.15. The number of nitriles is 1. The van der Waals surface area contributed by atoms with Crippen molar-refractivity contribution in [2.75, 3.05) is 11.9 Å². The highest BCUT2D eigenvalue weighted by Crippen LogP contribution is 2.32. The predicted octanol–water partition coefficient (Wildman–Crippen LogP) is 3.38. The number of para-hydroxylation sites is 2. The minimum absolute atomic E-state index is 0.548. The average molecular weight is 252 g/mol. The Kier molecular flexibility index (Phi) is 3.84. The summed E-state index contributed by atoms with van der Waals surface area (Å²) >= 11 is 0. The fourth-order valence-electron chi connectivity index (χ4n) is 2.14. The molecule has 2 aromatic rings. The molecule has 0 saturated carbocycles. The molecule has 0 radical (unpaired) electrons. The fourth-order valence-corrected chi connectivity index (χ4v) is 2.14. The molecular formula is C16H16N2O. The Morgan fingerprint density at radius 1 is 1.05 bits per heavy atom. The first kappa shape index (κ1) is 13.1. The van der Waals surface area contributed by atoms with Gasteiger partial charge in [0.15, 0.2) is 0 Å². The lowest BCUT2D eigenvalue weighted by Gasteiger charge is -2.24. The SMILES string of the molecule is C[C@H](O)c1ccccc1N(C)c1ccccc1C#N. The van der Waals surface area contributed by atoms with Gasteiger partial charge in [0.2, 0.25) is 0 Å². The fraction of sp³-hybridized carbons (Fsp3) is 0.188. The first-order valence-corrected chi connectivity index (χ1v) is 6.15. The van der Waals surface area contributed by atoms with Crippen LogP contribution in [0, 0.1) is 11.3 Å². The topological polar surface area (TPSA) is 47.3 Å². The molecule has 0 amide bonds. The molecule has 0 aliphatic rings.